The van der Waals surface area contributed by atoms with Gasteiger partial charge in [-0.15, -0.1) is 0 Å². The molecule has 0 radical (unpaired) electrons. The number of benzene rings is 1. The third-order valence-corrected chi connectivity index (χ3v) is 3.40. The zero-order valence-electron chi connectivity index (χ0n) is 11.2. The topological polar surface area (TPSA) is 36.4 Å². The van der Waals surface area contributed by atoms with Crippen molar-refractivity contribution in [2.24, 2.45) is 4.99 Å². The Kier molecular flexibility index (Phi) is 5.28. The molecule has 0 aromatic heterocycles. The molecule has 1 aromatic carbocycles. The van der Waals surface area contributed by atoms with Gasteiger partial charge in [-0.05, 0) is 37.0 Å². The Morgan fingerprint density at radius 1 is 1.37 bits per heavy atom. The quantitative estimate of drug-likeness (QED) is 0.504. The Hall–Kier alpha value is -1.48. The van der Waals surface area contributed by atoms with E-state index in [0.29, 0.717) is 6.04 Å². The van der Waals surface area contributed by atoms with Crippen LogP contribution in [-0.2, 0) is 6.42 Å². The molecule has 2 N–H and O–H groups in total. The highest BCUT2D eigenvalue weighted by molar-refractivity contribution is 6.30. The number of rotatable bonds is 4. The van der Waals surface area contributed by atoms with E-state index in [2.05, 4.69) is 33.8 Å². The van der Waals surface area contributed by atoms with Crippen molar-refractivity contribution in [3.05, 3.63) is 47.0 Å². The molecule has 0 aliphatic heterocycles. The van der Waals surface area contributed by atoms with E-state index < -0.39 is 0 Å². The average molecular weight is 278 g/mol. The van der Waals surface area contributed by atoms with Crippen LogP contribution in [0, 0.1) is 0 Å². The summed E-state index contributed by atoms with van der Waals surface area (Å²) in [5.74, 6) is 0.871. The Bertz CT molecular complexity index is 460. The highest BCUT2D eigenvalue weighted by atomic mass is 35.5. The zero-order valence-corrected chi connectivity index (χ0v) is 12.0. The minimum Gasteiger partial charge on any atom is -0.356 e. The molecule has 0 saturated carbocycles. The van der Waals surface area contributed by atoms with Gasteiger partial charge < -0.3 is 10.6 Å². The molecule has 19 heavy (non-hydrogen) atoms. The van der Waals surface area contributed by atoms with Gasteiger partial charge in [0.15, 0.2) is 5.96 Å². The molecule has 2 rings (SSSR count). The van der Waals surface area contributed by atoms with Crippen LogP contribution in [0.15, 0.2) is 41.4 Å². The van der Waals surface area contributed by atoms with E-state index in [1.165, 1.54) is 5.56 Å². The lowest BCUT2D eigenvalue weighted by atomic mass is 10.1. The number of hydrogen-bond donors (Lipinski definition) is 2. The molecule has 0 unspecified atom stereocenters. The lowest BCUT2D eigenvalue weighted by molar-refractivity contribution is 0.633. The van der Waals surface area contributed by atoms with Crippen LogP contribution in [-0.4, -0.2) is 25.6 Å². The van der Waals surface area contributed by atoms with Gasteiger partial charge in [0.2, 0.25) is 0 Å². The monoisotopic (exact) mass is 277 g/mol. The Balaban J connectivity index is 1.74. The maximum Gasteiger partial charge on any atom is 0.191 e. The van der Waals surface area contributed by atoms with Gasteiger partial charge >= 0.3 is 0 Å². The number of halogens is 1. The lowest BCUT2D eigenvalue weighted by Crippen LogP contribution is -2.43. The summed E-state index contributed by atoms with van der Waals surface area (Å²) in [4.78, 5) is 4.24. The molecule has 0 bridgehead atoms. The van der Waals surface area contributed by atoms with Crippen LogP contribution in [0.4, 0.5) is 0 Å². The van der Waals surface area contributed by atoms with Crippen molar-refractivity contribution in [1.29, 1.82) is 0 Å². The number of hydrogen-bond acceptors (Lipinski definition) is 1. The number of nitrogens with one attached hydrogen (secondary N) is 2. The first-order chi connectivity index (χ1) is 9.28. The van der Waals surface area contributed by atoms with E-state index in [1.807, 2.05) is 18.2 Å². The van der Waals surface area contributed by atoms with Crippen molar-refractivity contribution in [1.82, 2.24) is 10.6 Å². The third kappa shape index (κ3) is 4.60. The van der Waals surface area contributed by atoms with Crippen molar-refractivity contribution in [2.45, 2.75) is 25.3 Å². The van der Waals surface area contributed by atoms with Crippen molar-refractivity contribution in [3.63, 3.8) is 0 Å². The van der Waals surface area contributed by atoms with Crippen molar-refractivity contribution in [3.8, 4) is 0 Å². The molecule has 1 aliphatic rings. The summed E-state index contributed by atoms with van der Waals surface area (Å²) in [7, 11) is 1.80. The van der Waals surface area contributed by atoms with Crippen molar-refractivity contribution < 1.29 is 0 Å². The number of guanidine groups is 1. The average Bonchev–Trinajstić information content (AvgIpc) is 2.90. The van der Waals surface area contributed by atoms with E-state index in [-0.39, 0.29) is 0 Å². The molecule has 102 valence electrons. The van der Waals surface area contributed by atoms with Crippen LogP contribution in [0.25, 0.3) is 0 Å². The Labute approximate surface area is 119 Å². The van der Waals surface area contributed by atoms with Gasteiger partial charge in [-0.1, -0.05) is 35.9 Å². The predicted octanol–water partition coefficient (Wildman–Crippen LogP) is 2.77. The first-order valence-corrected chi connectivity index (χ1v) is 7.02. The highest BCUT2D eigenvalue weighted by Gasteiger charge is 2.11. The molecule has 0 spiro atoms. The largest absolute Gasteiger partial charge is 0.356 e. The minimum atomic E-state index is 0.484. The molecule has 0 fully saturated rings. The molecule has 3 nitrogen and oxygen atoms in total. The summed E-state index contributed by atoms with van der Waals surface area (Å²) in [5, 5.41) is 7.53. The van der Waals surface area contributed by atoms with Gasteiger partial charge in [0.25, 0.3) is 0 Å². The first kappa shape index (κ1) is 13.9. The smallest absolute Gasteiger partial charge is 0.191 e. The third-order valence-electron chi connectivity index (χ3n) is 3.17. The van der Waals surface area contributed by atoms with E-state index in [4.69, 9.17) is 11.6 Å². The Morgan fingerprint density at radius 3 is 2.84 bits per heavy atom. The fourth-order valence-corrected chi connectivity index (χ4v) is 2.35. The Morgan fingerprint density at radius 2 is 2.16 bits per heavy atom. The van der Waals surface area contributed by atoms with Gasteiger partial charge in [-0.2, -0.15) is 0 Å². The van der Waals surface area contributed by atoms with Crippen LogP contribution >= 0.6 is 11.6 Å². The second-order valence-corrected chi connectivity index (χ2v) is 5.10. The summed E-state index contributed by atoms with van der Waals surface area (Å²) >= 11 is 5.96. The van der Waals surface area contributed by atoms with Gasteiger partial charge in [0.1, 0.15) is 0 Å². The summed E-state index contributed by atoms with van der Waals surface area (Å²) in [6.45, 7) is 0.847. The molecular formula is C15H20ClN3. The van der Waals surface area contributed by atoms with E-state index in [0.717, 1.165) is 36.8 Å². The molecule has 1 aromatic rings. The molecule has 0 saturated heterocycles. The fourth-order valence-electron chi connectivity index (χ4n) is 2.14. The molecule has 0 amide bonds. The van der Waals surface area contributed by atoms with Crippen molar-refractivity contribution >= 4 is 17.6 Å². The molecular weight excluding hydrogens is 258 g/mol. The van der Waals surface area contributed by atoms with Crippen molar-refractivity contribution in [2.75, 3.05) is 13.6 Å². The SMILES string of the molecule is CN=C(NCCc1cccc(Cl)c1)NC1CC=CC1. The first-order valence-electron chi connectivity index (χ1n) is 6.64. The van der Waals surface area contributed by atoms with Gasteiger partial charge in [0.05, 0.1) is 0 Å². The second-order valence-electron chi connectivity index (χ2n) is 4.66. The second kappa shape index (κ2) is 7.19. The van der Waals surface area contributed by atoms with Gasteiger partial charge in [-0.3, -0.25) is 4.99 Å². The standard InChI is InChI=1S/C15H20ClN3/c1-17-15(19-14-7-2-3-8-14)18-10-9-12-5-4-6-13(16)11-12/h2-6,11,14H,7-10H2,1H3,(H2,17,18,19). The number of nitrogens with zero attached hydrogens (tertiary/aromatic N) is 1. The number of aliphatic imine (C=N–C) groups is 1. The summed E-state index contributed by atoms with van der Waals surface area (Å²) in [5.41, 5.74) is 1.23. The van der Waals surface area contributed by atoms with Crippen LogP contribution in [0.3, 0.4) is 0 Å². The van der Waals surface area contributed by atoms with Gasteiger partial charge in [-0.25, -0.2) is 0 Å². The predicted molar refractivity (Wildman–Crippen MR) is 81.8 cm³/mol. The fraction of sp³-hybridized carbons (Fsp3) is 0.400. The normalized spacial score (nSPS) is 15.8. The van der Waals surface area contributed by atoms with Crippen LogP contribution in [0.1, 0.15) is 18.4 Å². The molecule has 4 heteroatoms. The maximum absolute atomic E-state index is 5.96. The van der Waals surface area contributed by atoms with E-state index >= 15 is 0 Å². The molecule has 0 atom stereocenters. The summed E-state index contributed by atoms with van der Waals surface area (Å²) in [6, 6.07) is 8.45. The van der Waals surface area contributed by atoms with Gasteiger partial charge in [0, 0.05) is 24.7 Å². The van der Waals surface area contributed by atoms with Crippen LogP contribution in [0.2, 0.25) is 5.02 Å². The summed E-state index contributed by atoms with van der Waals surface area (Å²) in [6.07, 6.45) is 7.50. The van der Waals surface area contributed by atoms with E-state index in [1.54, 1.807) is 7.05 Å². The van der Waals surface area contributed by atoms with Crippen LogP contribution < -0.4 is 10.6 Å². The summed E-state index contributed by atoms with van der Waals surface area (Å²) < 4.78 is 0. The zero-order chi connectivity index (χ0) is 13.5. The maximum atomic E-state index is 5.96. The minimum absolute atomic E-state index is 0.484. The lowest BCUT2D eigenvalue weighted by Gasteiger charge is -2.16. The highest BCUT2D eigenvalue weighted by Crippen LogP contribution is 2.11. The van der Waals surface area contributed by atoms with Crippen LogP contribution in [0.5, 0.6) is 0 Å². The molecule has 0 heterocycles. The molecule has 1 aliphatic carbocycles. The van der Waals surface area contributed by atoms with E-state index in [9.17, 15) is 0 Å².